The van der Waals surface area contributed by atoms with E-state index in [-0.39, 0.29) is 18.4 Å². The summed E-state index contributed by atoms with van der Waals surface area (Å²) in [6.07, 6.45) is 0.293. The number of anilines is 1. The number of aryl methyl sites for hydroxylation is 3. The van der Waals surface area contributed by atoms with E-state index in [2.05, 4.69) is 15.6 Å². The molecule has 24 heavy (non-hydrogen) atoms. The molecule has 1 amide bonds. The van der Waals surface area contributed by atoms with Gasteiger partial charge >= 0.3 is 5.97 Å². The highest BCUT2D eigenvalue weighted by Gasteiger charge is 2.35. The molecule has 1 N–H and O–H groups in total. The van der Waals surface area contributed by atoms with E-state index in [1.54, 1.807) is 6.92 Å². The van der Waals surface area contributed by atoms with Gasteiger partial charge in [-0.15, -0.1) is 0 Å². The zero-order valence-corrected chi connectivity index (χ0v) is 14.2. The second-order valence-corrected chi connectivity index (χ2v) is 5.85. The smallest absolute Gasteiger partial charge is 0.327 e. The van der Waals surface area contributed by atoms with Gasteiger partial charge in [0.1, 0.15) is 18.1 Å². The van der Waals surface area contributed by atoms with Gasteiger partial charge < -0.3 is 14.6 Å². The van der Waals surface area contributed by atoms with Crippen LogP contribution in [0.4, 0.5) is 5.82 Å². The summed E-state index contributed by atoms with van der Waals surface area (Å²) in [5.74, 6) is 0.530. The van der Waals surface area contributed by atoms with Crippen LogP contribution in [0.15, 0.2) is 4.52 Å². The molecule has 0 unspecified atom stereocenters. The van der Waals surface area contributed by atoms with Crippen molar-refractivity contribution in [3.8, 4) is 0 Å². The lowest BCUT2D eigenvalue weighted by Gasteiger charge is -2.24. The highest BCUT2D eigenvalue weighted by atomic mass is 16.5. The van der Waals surface area contributed by atoms with E-state index in [1.807, 2.05) is 20.8 Å². The Kier molecular flexibility index (Phi) is 4.13. The Bertz CT molecular complexity index is 786. The molecule has 1 aliphatic rings. The predicted molar refractivity (Wildman–Crippen MR) is 84.7 cm³/mol. The topological polar surface area (TPSA) is 99.2 Å². The molecule has 0 aromatic carbocycles. The largest absolute Gasteiger partial charge is 0.465 e. The Hall–Kier alpha value is -2.64. The molecule has 0 fully saturated rings. The van der Waals surface area contributed by atoms with Crippen LogP contribution in [0.5, 0.6) is 0 Å². The molecule has 2 aromatic rings. The van der Waals surface area contributed by atoms with Crippen LogP contribution in [0.3, 0.4) is 0 Å². The van der Waals surface area contributed by atoms with E-state index in [9.17, 15) is 9.59 Å². The predicted octanol–water partition coefficient (Wildman–Crippen LogP) is 1.83. The van der Waals surface area contributed by atoms with Gasteiger partial charge in [0.15, 0.2) is 0 Å². The average Bonchev–Trinajstić information content (AvgIpc) is 2.99. The second-order valence-electron chi connectivity index (χ2n) is 5.85. The van der Waals surface area contributed by atoms with E-state index in [1.165, 1.54) is 4.68 Å². The first-order chi connectivity index (χ1) is 11.4. The van der Waals surface area contributed by atoms with Crippen molar-refractivity contribution in [2.45, 2.75) is 46.6 Å². The Labute approximate surface area is 139 Å². The molecule has 3 rings (SSSR count). The first kappa shape index (κ1) is 16.2. The molecule has 2 aromatic heterocycles. The van der Waals surface area contributed by atoms with Crippen LogP contribution in [-0.2, 0) is 20.9 Å². The molecule has 1 aliphatic heterocycles. The fraction of sp³-hybridized carbons (Fsp3) is 0.500. The number of aromatic nitrogens is 3. The Balaban J connectivity index is 2.06. The van der Waals surface area contributed by atoms with Gasteiger partial charge in [-0.05, 0) is 27.7 Å². The number of amides is 1. The Morgan fingerprint density at radius 1 is 1.33 bits per heavy atom. The van der Waals surface area contributed by atoms with E-state index >= 15 is 0 Å². The molecule has 0 saturated carbocycles. The van der Waals surface area contributed by atoms with Gasteiger partial charge in [-0.25, -0.2) is 4.68 Å². The number of hydrogen-bond acceptors (Lipinski definition) is 6. The highest BCUT2D eigenvalue weighted by Crippen LogP contribution is 2.41. The van der Waals surface area contributed by atoms with Crippen LogP contribution in [0, 0.1) is 20.8 Å². The first-order valence-corrected chi connectivity index (χ1v) is 7.87. The summed E-state index contributed by atoms with van der Waals surface area (Å²) in [7, 11) is 0. The summed E-state index contributed by atoms with van der Waals surface area (Å²) in [4.78, 5) is 24.0. The van der Waals surface area contributed by atoms with Gasteiger partial charge in [0, 0.05) is 23.5 Å². The SMILES string of the molecule is CCOC(=O)Cn1nc(C)c2c1NC(=O)C[C@@H]2c1c(C)noc1C. The number of fused-ring (bicyclic) bond motifs is 1. The third-order valence-electron chi connectivity index (χ3n) is 4.19. The van der Waals surface area contributed by atoms with Gasteiger partial charge in [0.2, 0.25) is 5.91 Å². The van der Waals surface area contributed by atoms with Gasteiger partial charge in [-0.1, -0.05) is 5.16 Å². The zero-order chi connectivity index (χ0) is 17.4. The van der Waals surface area contributed by atoms with Crippen LogP contribution < -0.4 is 5.32 Å². The maximum absolute atomic E-state index is 12.2. The molecule has 1 atom stereocenters. The van der Waals surface area contributed by atoms with Gasteiger partial charge in [-0.3, -0.25) is 9.59 Å². The zero-order valence-electron chi connectivity index (χ0n) is 14.2. The van der Waals surface area contributed by atoms with Gasteiger partial charge in [0.25, 0.3) is 0 Å². The summed E-state index contributed by atoms with van der Waals surface area (Å²) in [5.41, 5.74) is 3.33. The van der Waals surface area contributed by atoms with Crippen LogP contribution >= 0.6 is 0 Å². The summed E-state index contributed by atoms with van der Waals surface area (Å²) >= 11 is 0. The summed E-state index contributed by atoms with van der Waals surface area (Å²) < 4.78 is 11.7. The van der Waals surface area contributed by atoms with Gasteiger partial charge in [-0.2, -0.15) is 5.10 Å². The van der Waals surface area contributed by atoms with Gasteiger partial charge in [0.05, 0.1) is 18.0 Å². The monoisotopic (exact) mass is 332 g/mol. The standard InChI is InChI=1S/C16H20N4O4/c1-5-23-13(22)7-20-16-15(8(2)18-20)11(6-12(21)17-16)14-9(3)19-24-10(14)4/h11H,5-7H2,1-4H3,(H,17,21)/t11-/m1/s1. The van der Waals surface area contributed by atoms with Crippen molar-refractivity contribution in [2.24, 2.45) is 0 Å². The quantitative estimate of drug-likeness (QED) is 0.858. The maximum atomic E-state index is 12.2. The Morgan fingerprint density at radius 3 is 2.71 bits per heavy atom. The number of rotatable bonds is 4. The molecule has 0 bridgehead atoms. The molecule has 8 heteroatoms. The van der Waals surface area contributed by atoms with Crippen molar-refractivity contribution >= 4 is 17.7 Å². The summed E-state index contributed by atoms with van der Waals surface area (Å²) in [6.45, 7) is 7.56. The molecule has 0 aliphatic carbocycles. The van der Waals surface area contributed by atoms with Crippen molar-refractivity contribution < 1.29 is 18.8 Å². The maximum Gasteiger partial charge on any atom is 0.327 e. The number of nitrogens with zero attached hydrogens (tertiary/aromatic N) is 3. The van der Waals surface area contributed by atoms with E-state index < -0.39 is 5.97 Å². The third-order valence-corrected chi connectivity index (χ3v) is 4.19. The summed E-state index contributed by atoms with van der Waals surface area (Å²) in [5, 5.41) is 11.2. The molecule has 8 nitrogen and oxygen atoms in total. The van der Waals surface area contributed by atoms with Crippen molar-refractivity contribution in [3.05, 3.63) is 28.3 Å². The van der Waals surface area contributed by atoms with Crippen LogP contribution in [0.25, 0.3) is 0 Å². The van der Waals surface area contributed by atoms with Crippen molar-refractivity contribution in [3.63, 3.8) is 0 Å². The van der Waals surface area contributed by atoms with E-state index in [0.29, 0.717) is 24.6 Å². The number of carbonyl (C=O) groups is 2. The number of ether oxygens (including phenoxy) is 1. The fourth-order valence-electron chi connectivity index (χ4n) is 3.29. The molecule has 0 spiro atoms. The average molecular weight is 332 g/mol. The van der Waals surface area contributed by atoms with Crippen LogP contribution in [0.1, 0.15) is 47.5 Å². The van der Waals surface area contributed by atoms with Crippen LogP contribution in [-0.4, -0.2) is 33.4 Å². The lowest BCUT2D eigenvalue weighted by atomic mass is 9.85. The minimum atomic E-state index is -0.392. The second kappa shape index (κ2) is 6.10. The van der Waals surface area contributed by atoms with E-state index in [0.717, 1.165) is 22.5 Å². The van der Waals surface area contributed by atoms with Crippen molar-refractivity contribution in [1.82, 2.24) is 14.9 Å². The number of nitrogens with one attached hydrogen (secondary N) is 1. The lowest BCUT2D eigenvalue weighted by molar-refractivity contribution is -0.144. The fourth-order valence-corrected chi connectivity index (χ4v) is 3.29. The normalized spacial score (nSPS) is 16.7. The minimum Gasteiger partial charge on any atom is -0.465 e. The first-order valence-electron chi connectivity index (χ1n) is 7.87. The Morgan fingerprint density at radius 2 is 2.08 bits per heavy atom. The molecule has 0 saturated heterocycles. The lowest BCUT2D eigenvalue weighted by Crippen LogP contribution is -2.26. The third kappa shape index (κ3) is 2.68. The molecular weight excluding hydrogens is 312 g/mol. The molecule has 0 radical (unpaired) electrons. The van der Waals surface area contributed by atoms with E-state index in [4.69, 9.17) is 9.26 Å². The number of carbonyl (C=O) groups excluding carboxylic acids is 2. The molecule has 128 valence electrons. The highest BCUT2D eigenvalue weighted by molar-refractivity contribution is 5.95. The van der Waals surface area contributed by atoms with Crippen LogP contribution in [0.2, 0.25) is 0 Å². The van der Waals surface area contributed by atoms with Crippen molar-refractivity contribution in [2.75, 3.05) is 11.9 Å². The number of esters is 1. The molecular formula is C16H20N4O4. The minimum absolute atomic E-state index is 0.0430. The number of hydrogen-bond donors (Lipinski definition) is 1. The molecule has 3 heterocycles. The summed E-state index contributed by atoms with van der Waals surface area (Å²) in [6, 6.07) is 0. The van der Waals surface area contributed by atoms with Crippen molar-refractivity contribution in [1.29, 1.82) is 0 Å².